The smallest absolute Gasteiger partial charge is 0.256 e. The van der Waals surface area contributed by atoms with E-state index < -0.39 is 21.2 Å². The average Bonchev–Trinajstić information content (AvgIpc) is 2.42. The van der Waals surface area contributed by atoms with Gasteiger partial charge in [-0.25, -0.2) is 0 Å². The van der Waals surface area contributed by atoms with E-state index in [2.05, 4.69) is 0 Å². The largest absolute Gasteiger partial charge is 0.523 e. The molecule has 0 radical (unpaired) electrons. The predicted molar refractivity (Wildman–Crippen MR) is 70.9 cm³/mol. The van der Waals surface area contributed by atoms with Gasteiger partial charge in [-0.05, 0) is 80.0 Å². The fraction of sp³-hybridized carbons (Fsp3) is 1.00. The van der Waals surface area contributed by atoms with Crippen molar-refractivity contribution < 1.29 is 25.8 Å². The van der Waals surface area contributed by atoms with Crippen LogP contribution in [0.2, 0.25) is 0 Å². The van der Waals surface area contributed by atoms with E-state index in [0.717, 1.165) is 25.7 Å². The summed E-state index contributed by atoms with van der Waals surface area (Å²) in [7, 11) is -5.50. The van der Waals surface area contributed by atoms with Crippen LogP contribution in [0, 0.1) is 41.4 Å². The highest BCUT2D eigenvalue weighted by Crippen LogP contribution is 2.73. The summed E-state index contributed by atoms with van der Waals surface area (Å²) in [5.41, 5.74) is -6.36. The lowest BCUT2D eigenvalue weighted by atomic mass is 9.34. The van der Waals surface area contributed by atoms with Crippen molar-refractivity contribution in [2.75, 3.05) is 0 Å². The van der Waals surface area contributed by atoms with Gasteiger partial charge in [-0.1, -0.05) is 0 Å². The molecular weight excluding hydrogens is 317 g/mol. The van der Waals surface area contributed by atoms with Gasteiger partial charge in [-0.2, -0.15) is 21.6 Å². The predicted octanol–water partition coefficient (Wildman–Crippen LogP) is 3.31. The summed E-state index contributed by atoms with van der Waals surface area (Å²) in [6.07, 6.45) is 5.60. The molecule has 7 rings (SSSR count). The summed E-state index contributed by atoms with van der Waals surface area (Å²) >= 11 is 0. The molecule has 7 fully saturated rings. The Hall–Kier alpha value is -0.300. The highest BCUT2D eigenvalue weighted by Gasteiger charge is 2.72. The van der Waals surface area contributed by atoms with Crippen molar-refractivity contribution in [3.8, 4) is 0 Å². The van der Waals surface area contributed by atoms with Gasteiger partial charge in [0, 0.05) is 0 Å². The van der Waals surface area contributed by atoms with E-state index in [1.165, 1.54) is 6.42 Å². The third-order valence-corrected chi connectivity index (χ3v) is 8.63. The summed E-state index contributed by atoms with van der Waals surface area (Å²) in [5, 5.41) is 0. The molecule has 4 atom stereocenters. The highest BCUT2D eigenvalue weighted by molar-refractivity contribution is 7.87. The third-order valence-electron chi connectivity index (χ3n) is 7.54. The first-order valence-electron chi connectivity index (χ1n) is 8.23. The zero-order valence-electron chi connectivity index (χ0n) is 12.1. The zero-order valence-corrected chi connectivity index (χ0v) is 12.9. The van der Waals surface area contributed by atoms with E-state index in [0.29, 0.717) is 36.0 Å². The molecule has 8 bridgehead atoms. The molecular formula is C15H19F3O3S. The van der Waals surface area contributed by atoms with Gasteiger partial charge in [0.15, 0.2) is 0 Å². The Morgan fingerprint density at radius 3 is 1.95 bits per heavy atom. The monoisotopic (exact) mass is 336 g/mol. The van der Waals surface area contributed by atoms with E-state index in [-0.39, 0.29) is 11.8 Å². The lowest BCUT2D eigenvalue weighted by Crippen LogP contribution is -2.72. The molecule has 0 aromatic carbocycles. The van der Waals surface area contributed by atoms with Crippen LogP contribution in [-0.4, -0.2) is 19.5 Å². The van der Waals surface area contributed by atoms with Gasteiger partial charge in [0.2, 0.25) is 0 Å². The summed E-state index contributed by atoms with van der Waals surface area (Å²) in [5.74, 6) is 2.40. The summed E-state index contributed by atoms with van der Waals surface area (Å²) in [6.45, 7) is 0. The Morgan fingerprint density at radius 2 is 1.41 bits per heavy atom. The maximum Gasteiger partial charge on any atom is 0.523 e. The fourth-order valence-corrected chi connectivity index (χ4v) is 8.10. The Labute approximate surface area is 127 Å². The second kappa shape index (κ2) is 3.85. The number of halogens is 3. The summed E-state index contributed by atoms with van der Waals surface area (Å²) < 4.78 is 67.1. The van der Waals surface area contributed by atoms with E-state index in [9.17, 15) is 21.6 Å². The van der Waals surface area contributed by atoms with Crippen molar-refractivity contribution in [1.29, 1.82) is 0 Å². The first-order valence-corrected chi connectivity index (χ1v) is 9.64. The van der Waals surface area contributed by atoms with Crippen LogP contribution in [0.4, 0.5) is 13.2 Å². The molecule has 4 unspecified atom stereocenters. The normalized spacial score (nSPS) is 55.1. The molecule has 0 heterocycles. The van der Waals surface area contributed by atoms with E-state index in [1.807, 2.05) is 0 Å². The second-order valence-corrected chi connectivity index (χ2v) is 9.80. The summed E-state index contributed by atoms with van der Waals surface area (Å²) in [4.78, 5) is 0. The molecule has 7 heteroatoms. The van der Waals surface area contributed by atoms with Crippen molar-refractivity contribution in [1.82, 2.24) is 0 Å². The van der Waals surface area contributed by atoms with E-state index >= 15 is 0 Å². The van der Waals surface area contributed by atoms with Crippen molar-refractivity contribution in [3.63, 3.8) is 0 Å². The molecule has 0 spiro atoms. The lowest BCUT2D eigenvalue weighted by molar-refractivity contribution is -0.278. The second-order valence-electron chi connectivity index (χ2n) is 8.26. The first kappa shape index (κ1) is 14.1. The minimum absolute atomic E-state index is 0.0277. The van der Waals surface area contributed by atoms with Crippen LogP contribution in [0.25, 0.3) is 0 Å². The number of hydrogen-bond acceptors (Lipinski definition) is 3. The van der Waals surface area contributed by atoms with Crippen LogP contribution in [-0.2, 0) is 14.3 Å². The molecule has 7 aliphatic rings. The molecule has 0 amide bonds. The molecule has 7 aliphatic carbocycles. The van der Waals surface area contributed by atoms with Crippen LogP contribution in [0.1, 0.15) is 38.5 Å². The Bertz CT molecular complexity index is 604. The van der Waals surface area contributed by atoms with Gasteiger partial charge in [0.25, 0.3) is 0 Å². The van der Waals surface area contributed by atoms with Crippen LogP contribution in [0.3, 0.4) is 0 Å². The molecule has 0 aromatic heterocycles. The zero-order chi connectivity index (χ0) is 15.5. The Morgan fingerprint density at radius 1 is 0.864 bits per heavy atom. The van der Waals surface area contributed by atoms with Crippen LogP contribution in [0.15, 0.2) is 0 Å². The van der Waals surface area contributed by atoms with Gasteiger partial charge >= 0.3 is 15.6 Å². The van der Waals surface area contributed by atoms with Crippen molar-refractivity contribution in [2.24, 2.45) is 41.4 Å². The van der Waals surface area contributed by atoms with E-state index in [1.54, 1.807) is 0 Å². The number of hydrogen-bond donors (Lipinski definition) is 0. The maximum atomic E-state index is 12.9. The number of rotatable bonds is 2. The van der Waals surface area contributed by atoms with Gasteiger partial charge in [0.1, 0.15) is 0 Å². The molecule has 7 saturated carbocycles. The standard InChI is InChI=1S/C15H19F3O3S/c16-15(17,18)22(19,20)21-14-6-8-2-10-9-1-7(4-12(10)14)5-13(14)11(9)3-8/h7-13H,1-6H2. The van der Waals surface area contributed by atoms with E-state index in [4.69, 9.17) is 4.18 Å². The summed E-state index contributed by atoms with van der Waals surface area (Å²) in [6, 6.07) is 0. The highest BCUT2D eigenvalue weighted by atomic mass is 32.2. The van der Waals surface area contributed by atoms with Crippen LogP contribution >= 0.6 is 0 Å². The number of alkyl halides is 3. The fourth-order valence-electron chi connectivity index (χ4n) is 7.28. The SMILES string of the molecule is O=S(=O)(OC12CC3CC4C5CC(CC41)CC2C5C3)C(F)(F)F. The lowest BCUT2D eigenvalue weighted by Gasteiger charge is -2.73. The molecule has 0 saturated heterocycles. The molecule has 0 aromatic rings. The molecule has 22 heavy (non-hydrogen) atoms. The Balaban J connectivity index is 1.60. The van der Waals surface area contributed by atoms with Gasteiger partial charge < -0.3 is 0 Å². The maximum absolute atomic E-state index is 12.9. The first-order chi connectivity index (χ1) is 10.2. The van der Waals surface area contributed by atoms with Crippen molar-refractivity contribution in [3.05, 3.63) is 0 Å². The van der Waals surface area contributed by atoms with Crippen molar-refractivity contribution >= 4 is 10.1 Å². The molecule has 0 N–H and O–H groups in total. The minimum Gasteiger partial charge on any atom is -0.256 e. The average molecular weight is 336 g/mol. The van der Waals surface area contributed by atoms with Crippen LogP contribution in [0.5, 0.6) is 0 Å². The topological polar surface area (TPSA) is 43.4 Å². The van der Waals surface area contributed by atoms with Crippen LogP contribution < -0.4 is 0 Å². The van der Waals surface area contributed by atoms with Gasteiger partial charge in [-0.15, -0.1) is 0 Å². The minimum atomic E-state index is -5.50. The molecule has 3 nitrogen and oxygen atoms in total. The molecule has 124 valence electrons. The Kier molecular flexibility index (Phi) is 2.46. The van der Waals surface area contributed by atoms with Gasteiger partial charge in [0.05, 0.1) is 5.60 Å². The quantitative estimate of drug-likeness (QED) is 0.574. The van der Waals surface area contributed by atoms with Crippen molar-refractivity contribution in [2.45, 2.75) is 49.6 Å². The molecule has 0 aliphatic heterocycles. The third kappa shape index (κ3) is 1.50. The van der Waals surface area contributed by atoms with Gasteiger partial charge in [-0.3, -0.25) is 4.18 Å².